The molecule has 1 aliphatic rings. The van der Waals surface area contributed by atoms with Gasteiger partial charge in [0.15, 0.2) is 0 Å². The number of nitrogens with one attached hydrogen (secondary N) is 1. The van der Waals surface area contributed by atoms with Gasteiger partial charge in [0.2, 0.25) is 0 Å². The van der Waals surface area contributed by atoms with Gasteiger partial charge in [-0.3, -0.25) is 10.1 Å². The Kier molecular flexibility index (Phi) is 4.49. The molecule has 0 bridgehead atoms. The van der Waals surface area contributed by atoms with Crippen LogP contribution in [-0.4, -0.2) is 27.0 Å². The fraction of sp³-hybridized carbons (Fsp3) is 0.538. The Morgan fingerprint density at radius 3 is 2.75 bits per heavy atom. The van der Waals surface area contributed by atoms with Gasteiger partial charge >= 0.3 is 5.97 Å². The predicted molar refractivity (Wildman–Crippen MR) is 72.5 cm³/mol. The molecule has 1 saturated carbocycles. The first kappa shape index (κ1) is 14.2. The summed E-state index contributed by atoms with van der Waals surface area (Å²) in [6.07, 6.45) is 6.22. The van der Waals surface area contributed by atoms with Gasteiger partial charge in [0.25, 0.3) is 5.69 Å². The molecule has 1 atom stereocenters. The van der Waals surface area contributed by atoms with Crippen LogP contribution >= 0.6 is 0 Å². The number of nitrogens with zero attached hydrogens (tertiary/aromatic N) is 2. The molecule has 0 amide bonds. The first-order chi connectivity index (χ1) is 9.58. The summed E-state index contributed by atoms with van der Waals surface area (Å²) in [6, 6.07) is 1.80. The van der Waals surface area contributed by atoms with Crippen molar-refractivity contribution in [1.29, 1.82) is 0 Å². The number of rotatable bonds is 5. The van der Waals surface area contributed by atoms with Crippen LogP contribution in [-0.2, 0) is 4.79 Å². The quantitative estimate of drug-likeness (QED) is 0.633. The topological polar surface area (TPSA) is 105 Å². The molecule has 0 radical (unpaired) electrons. The summed E-state index contributed by atoms with van der Waals surface area (Å²) < 4.78 is 0. The Labute approximate surface area is 116 Å². The molecule has 7 nitrogen and oxygen atoms in total. The highest BCUT2D eigenvalue weighted by Gasteiger charge is 2.29. The molecule has 1 aromatic rings. The number of carbonyl (C=O) groups is 1. The van der Waals surface area contributed by atoms with E-state index in [1.54, 1.807) is 0 Å². The monoisotopic (exact) mass is 279 g/mol. The average molecular weight is 279 g/mol. The number of aromatic nitrogens is 1. The summed E-state index contributed by atoms with van der Waals surface area (Å²) in [5, 5.41) is 22.9. The summed E-state index contributed by atoms with van der Waals surface area (Å²) in [5.41, 5.74) is -0.102. The third kappa shape index (κ3) is 3.43. The Balaban J connectivity index is 2.13. The van der Waals surface area contributed by atoms with Crippen LogP contribution in [0.5, 0.6) is 0 Å². The summed E-state index contributed by atoms with van der Waals surface area (Å²) in [7, 11) is 0. The molecule has 7 heteroatoms. The number of hydrogen-bond donors (Lipinski definition) is 2. The maximum absolute atomic E-state index is 11.4. The molecule has 1 heterocycles. The number of carboxylic acids is 1. The van der Waals surface area contributed by atoms with Crippen LogP contribution in [0.4, 0.5) is 11.5 Å². The van der Waals surface area contributed by atoms with Crippen molar-refractivity contribution < 1.29 is 14.8 Å². The van der Waals surface area contributed by atoms with Crippen molar-refractivity contribution in [3.05, 3.63) is 28.4 Å². The van der Waals surface area contributed by atoms with E-state index in [1.165, 1.54) is 18.3 Å². The van der Waals surface area contributed by atoms with Crippen LogP contribution in [0, 0.1) is 16.0 Å². The van der Waals surface area contributed by atoms with Gasteiger partial charge in [-0.25, -0.2) is 9.78 Å². The third-order valence-corrected chi connectivity index (χ3v) is 3.65. The van der Waals surface area contributed by atoms with Gasteiger partial charge in [0, 0.05) is 12.3 Å². The minimum absolute atomic E-state index is 0.0438. The summed E-state index contributed by atoms with van der Waals surface area (Å²) >= 11 is 0. The van der Waals surface area contributed by atoms with Crippen LogP contribution in [0.2, 0.25) is 0 Å². The highest BCUT2D eigenvalue weighted by Crippen LogP contribution is 2.28. The fourth-order valence-electron chi connectivity index (χ4n) is 2.62. The zero-order valence-electron chi connectivity index (χ0n) is 11.0. The van der Waals surface area contributed by atoms with E-state index in [0.717, 1.165) is 32.1 Å². The largest absolute Gasteiger partial charge is 0.480 e. The molecule has 1 aromatic heterocycles. The molecule has 108 valence electrons. The lowest BCUT2D eigenvalue weighted by Crippen LogP contribution is -2.38. The van der Waals surface area contributed by atoms with Crippen LogP contribution in [0.3, 0.4) is 0 Å². The van der Waals surface area contributed by atoms with E-state index in [0.29, 0.717) is 0 Å². The zero-order chi connectivity index (χ0) is 14.5. The van der Waals surface area contributed by atoms with Crippen molar-refractivity contribution in [2.24, 2.45) is 5.92 Å². The summed E-state index contributed by atoms with van der Waals surface area (Å²) in [4.78, 5) is 25.5. The second kappa shape index (κ2) is 6.31. The molecule has 1 aliphatic carbocycles. The van der Waals surface area contributed by atoms with Crippen molar-refractivity contribution in [2.45, 2.75) is 38.1 Å². The van der Waals surface area contributed by atoms with Crippen LogP contribution in [0.1, 0.15) is 32.1 Å². The van der Waals surface area contributed by atoms with Gasteiger partial charge in [-0.15, -0.1) is 0 Å². The lowest BCUT2D eigenvalue weighted by atomic mass is 9.84. The molecule has 0 aliphatic heterocycles. The van der Waals surface area contributed by atoms with Crippen molar-refractivity contribution in [3.63, 3.8) is 0 Å². The first-order valence-electron chi connectivity index (χ1n) is 6.67. The van der Waals surface area contributed by atoms with E-state index in [2.05, 4.69) is 10.3 Å². The van der Waals surface area contributed by atoms with E-state index in [4.69, 9.17) is 0 Å². The highest BCUT2D eigenvalue weighted by atomic mass is 16.6. The SMILES string of the molecule is O=C(O)C(Nc1cc([N+](=O)[O-])ccn1)C1CCCCC1. The fourth-order valence-corrected chi connectivity index (χ4v) is 2.62. The maximum Gasteiger partial charge on any atom is 0.326 e. The normalized spacial score (nSPS) is 17.4. The number of pyridine rings is 1. The molecule has 2 N–H and O–H groups in total. The van der Waals surface area contributed by atoms with Crippen molar-refractivity contribution in [3.8, 4) is 0 Å². The van der Waals surface area contributed by atoms with E-state index >= 15 is 0 Å². The Hall–Kier alpha value is -2.18. The molecule has 1 fully saturated rings. The number of hydrogen-bond acceptors (Lipinski definition) is 5. The minimum atomic E-state index is -0.940. The molecule has 0 spiro atoms. The van der Waals surface area contributed by atoms with Gasteiger partial charge in [0.1, 0.15) is 11.9 Å². The Morgan fingerprint density at radius 2 is 2.15 bits per heavy atom. The smallest absolute Gasteiger partial charge is 0.326 e. The van der Waals surface area contributed by atoms with E-state index in [9.17, 15) is 20.0 Å². The molecular formula is C13H17N3O4. The molecular weight excluding hydrogens is 262 g/mol. The van der Waals surface area contributed by atoms with E-state index in [1.807, 2.05) is 0 Å². The Bertz CT molecular complexity index is 500. The minimum Gasteiger partial charge on any atom is -0.480 e. The molecule has 0 saturated heterocycles. The predicted octanol–water partition coefficient (Wildman–Crippen LogP) is 2.44. The second-order valence-electron chi connectivity index (χ2n) is 5.01. The molecule has 2 rings (SSSR count). The molecule has 1 unspecified atom stereocenters. The van der Waals surface area contributed by atoms with Gasteiger partial charge < -0.3 is 10.4 Å². The molecule has 20 heavy (non-hydrogen) atoms. The number of anilines is 1. The number of aliphatic carboxylic acids is 1. The van der Waals surface area contributed by atoms with E-state index in [-0.39, 0.29) is 17.4 Å². The van der Waals surface area contributed by atoms with Gasteiger partial charge in [-0.1, -0.05) is 19.3 Å². The lowest BCUT2D eigenvalue weighted by Gasteiger charge is -2.28. The van der Waals surface area contributed by atoms with Gasteiger partial charge in [0.05, 0.1) is 11.0 Å². The standard InChI is InChI=1S/C13H17N3O4/c17-13(18)12(9-4-2-1-3-5-9)15-11-8-10(16(19)20)6-7-14-11/h6-9,12H,1-5H2,(H,14,15)(H,17,18). The molecule has 0 aromatic carbocycles. The lowest BCUT2D eigenvalue weighted by molar-refractivity contribution is -0.384. The third-order valence-electron chi connectivity index (χ3n) is 3.65. The van der Waals surface area contributed by atoms with Gasteiger partial charge in [-0.05, 0) is 18.8 Å². The summed E-state index contributed by atoms with van der Waals surface area (Å²) in [6.45, 7) is 0. The average Bonchev–Trinajstić information content (AvgIpc) is 2.45. The summed E-state index contributed by atoms with van der Waals surface area (Å²) in [5.74, 6) is -0.662. The maximum atomic E-state index is 11.4. The van der Waals surface area contributed by atoms with Crippen molar-refractivity contribution in [1.82, 2.24) is 4.98 Å². The van der Waals surface area contributed by atoms with Crippen molar-refractivity contribution in [2.75, 3.05) is 5.32 Å². The Morgan fingerprint density at radius 1 is 1.45 bits per heavy atom. The van der Waals surface area contributed by atoms with Crippen LogP contribution < -0.4 is 5.32 Å². The number of carboxylic acid groups (broad SMARTS) is 1. The zero-order valence-corrected chi connectivity index (χ0v) is 11.0. The van der Waals surface area contributed by atoms with Crippen LogP contribution in [0.15, 0.2) is 18.3 Å². The highest BCUT2D eigenvalue weighted by molar-refractivity contribution is 5.77. The van der Waals surface area contributed by atoms with Gasteiger partial charge in [-0.2, -0.15) is 0 Å². The van der Waals surface area contributed by atoms with E-state index < -0.39 is 16.9 Å². The first-order valence-corrected chi connectivity index (χ1v) is 6.67. The number of nitro groups is 1. The van der Waals surface area contributed by atoms with Crippen LogP contribution in [0.25, 0.3) is 0 Å². The second-order valence-corrected chi connectivity index (χ2v) is 5.01. The van der Waals surface area contributed by atoms with Crippen molar-refractivity contribution >= 4 is 17.5 Å².